The number of carbonyl (C=O) groups excluding carboxylic acids is 1. The summed E-state index contributed by atoms with van der Waals surface area (Å²) in [4.78, 5) is 16.0. The van der Waals surface area contributed by atoms with Crippen molar-refractivity contribution < 1.29 is 9.90 Å². The summed E-state index contributed by atoms with van der Waals surface area (Å²) in [6.45, 7) is 4.72. The number of hydrogen-bond donors (Lipinski definition) is 2. The molecule has 0 aromatic heterocycles. The van der Waals surface area contributed by atoms with Gasteiger partial charge < -0.3 is 20.2 Å². The van der Waals surface area contributed by atoms with Crippen LogP contribution in [0, 0.1) is 0 Å². The lowest BCUT2D eigenvalue weighted by Gasteiger charge is -2.23. The van der Waals surface area contributed by atoms with E-state index < -0.39 is 0 Å². The van der Waals surface area contributed by atoms with Gasteiger partial charge in [0.1, 0.15) is 0 Å². The molecule has 0 saturated carbocycles. The second-order valence-corrected chi connectivity index (χ2v) is 5.02. The lowest BCUT2D eigenvalue weighted by molar-refractivity contribution is 0.178. The Bertz CT molecular complexity index is 424. The molecule has 1 fully saturated rings. The number of carbonyl (C=O) groups is 1. The van der Waals surface area contributed by atoms with Gasteiger partial charge in [-0.25, -0.2) is 4.79 Å². The summed E-state index contributed by atoms with van der Waals surface area (Å²) in [5, 5.41) is 12.0. The fourth-order valence-corrected chi connectivity index (χ4v) is 2.54. The smallest absolute Gasteiger partial charge is 0.317 e. The van der Waals surface area contributed by atoms with Crippen LogP contribution in [0.1, 0.15) is 13.3 Å². The molecule has 2 amide bonds. The maximum absolute atomic E-state index is 12.0. The molecule has 1 heterocycles. The van der Waals surface area contributed by atoms with Gasteiger partial charge in [-0.15, -0.1) is 0 Å². The molecule has 0 spiro atoms. The zero-order valence-corrected chi connectivity index (χ0v) is 12.0. The lowest BCUT2D eigenvalue weighted by Crippen LogP contribution is -2.46. The largest absolute Gasteiger partial charge is 0.395 e. The highest BCUT2D eigenvalue weighted by molar-refractivity contribution is 5.74. The number of rotatable bonds is 5. The SMILES string of the molecule is CCN(CCO)C(=O)NC1CCN(c2ccccc2)C1. The minimum Gasteiger partial charge on any atom is -0.395 e. The predicted molar refractivity (Wildman–Crippen MR) is 79.9 cm³/mol. The van der Waals surface area contributed by atoms with Gasteiger partial charge in [0.05, 0.1) is 6.61 Å². The number of urea groups is 1. The standard InChI is InChI=1S/C15H23N3O2/c1-2-17(10-11-19)15(20)16-13-8-9-18(12-13)14-6-4-3-5-7-14/h3-7,13,19H,2,8-12H2,1H3,(H,16,20). The summed E-state index contributed by atoms with van der Waals surface area (Å²) in [5.74, 6) is 0. The molecule has 5 nitrogen and oxygen atoms in total. The molecule has 110 valence electrons. The predicted octanol–water partition coefficient (Wildman–Crippen LogP) is 1.29. The fraction of sp³-hybridized carbons (Fsp3) is 0.533. The molecular formula is C15H23N3O2. The first-order chi connectivity index (χ1) is 9.74. The topological polar surface area (TPSA) is 55.8 Å². The van der Waals surface area contributed by atoms with E-state index in [0.29, 0.717) is 13.1 Å². The highest BCUT2D eigenvalue weighted by Crippen LogP contribution is 2.19. The van der Waals surface area contributed by atoms with Gasteiger partial charge in [0.15, 0.2) is 0 Å². The van der Waals surface area contributed by atoms with Crippen LogP contribution in [0.5, 0.6) is 0 Å². The molecule has 1 aromatic carbocycles. The molecule has 2 N–H and O–H groups in total. The van der Waals surface area contributed by atoms with Gasteiger partial charge in [-0.05, 0) is 25.5 Å². The zero-order valence-electron chi connectivity index (χ0n) is 12.0. The number of aliphatic hydroxyl groups excluding tert-OH is 1. The molecule has 20 heavy (non-hydrogen) atoms. The van der Waals surface area contributed by atoms with E-state index in [0.717, 1.165) is 19.5 Å². The minimum absolute atomic E-state index is 0.00205. The number of aliphatic hydroxyl groups is 1. The second kappa shape index (κ2) is 7.14. The Balaban J connectivity index is 1.85. The average Bonchev–Trinajstić information content (AvgIpc) is 2.94. The molecule has 1 saturated heterocycles. The van der Waals surface area contributed by atoms with Crippen LogP contribution in [-0.2, 0) is 0 Å². The van der Waals surface area contributed by atoms with Crippen LogP contribution >= 0.6 is 0 Å². The van der Waals surface area contributed by atoms with E-state index in [-0.39, 0.29) is 18.7 Å². The monoisotopic (exact) mass is 277 g/mol. The maximum atomic E-state index is 12.0. The van der Waals surface area contributed by atoms with Crippen molar-refractivity contribution in [2.24, 2.45) is 0 Å². The Labute approximate surface area is 120 Å². The number of likely N-dealkylation sites (N-methyl/N-ethyl adjacent to an activating group) is 1. The van der Waals surface area contributed by atoms with Crippen molar-refractivity contribution in [3.05, 3.63) is 30.3 Å². The molecule has 2 rings (SSSR count). The van der Waals surface area contributed by atoms with E-state index in [1.54, 1.807) is 4.90 Å². The molecule has 1 atom stereocenters. The maximum Gasteiger partial charge on any atom is 0.317 e. The van der Waals surface area contributed by atoms with E-state index in [1.807, 2.05) is 25.1 Å². The van der Waals surface area contributed by atoms with Gasteiger partial charge in [-0.3, -0.25) is 0 Å². The number of nitrogens with zero attached hydrogens (tertiary/aromatic N) is 2. The Morgan fingerprint density at radius 1 is 1.45 bits per heavy atom. The lowest BCUT2D eigenvalue weighted by atomic mass is 10.2. The van der Waals surface area contributed by atoms with Gasteiger partial charge in [0, 0.05) is 37.9 Å². The van der Waals surface area contributed by atoms with Crippen LogP contribution in [-0.4, -0.2) is 54.9 Å². The third kappa shape index (κ3) is 3.63. The number of para-hydroxylation sites is 1. The Morgan fingerprint density at radius 3 is 2.85 bits per heavy atom. The first kappa shape index (κ1) is 14.7. The number of benzene rings is 1. The van der Waals surface area contributed by atoms with Crippen molar-refractivity contribution in [1.29, 1.82) is 0 Å². The van der Waals surface area contributed by atoms with E-state index in [9.17, 15) is 4.79 Å². The molecule has 0 bridgehead atoms. The molecule has 1 unspecified atom stereocenters. The van der Waals surface area contributed by atoms with Crippen molar-refractivity contribution in [1.82, 2.24) is 10.2 Å². The molecule has 0 radical (unpaired) electrons. The van der Waals surface area contributed by atoms with Crippen molar-refractivity contribution >= 4 is 11.7 Å². The van der Waals surface area contributed by atoms with Crippen LogP contribution in [0.25, 0.3) is 0 Å². The van der Waals surface area contributed by atoms with E-state index >= 15 is 0 Å². The van der Waals surface area contributed by atoms with Gasteiger partial charge in [0.2, 0.25) is 0 Å². The Morgan fingerprint density at radius 2 is 2.20 bits per heavy atom. The van der Waals surface area contributed by atoms with Gasteiger partial charge in [-0.1, -0.05) is 18.2 Å². The third-order valence-electron chi connectivity index (χ3n) is 3.68. The van der Waals surface area contributed by atoms with Crippen molar-refractivity contribution in [2.75, 3.05) is 37.7 Å². The third-order valence-corrected chi connectivity index (χ3v) is 3.68. The number of amides is 2. The highest BCUT2D eigenvalue weighted by atomic mass is 16.3. The molecule has 1 aromatic rings. The zero-order chi connectivity index (χ0) is 14.4. The molecule has 5 heteroatoms. The summed E-state index contributed by atoms with van der Waals surface area (Å²) in [7, 11) is 0. The van der Waals surface area contributed by atoms with Crippen molar-refractivity contribution in [2.45, 2.75) is 19.4 Å². The first-order valence-electron chi connectivity index (χ1n) is 7.21. The number of anilines is 1. The normalized spacial score (nSPS) is 18.1. The quantitative estimate of drug-likeness (QED) is 0.852. The fourth-order valence-electron chi connectivity index (χ4n) is 2.54. The van der Waals surface area contributed by atoms with Crippen molar-refractivity contribution in [3.8, 4) is 0 Å². The minimum atomic E-state index is -0.0820. The highest BCUT2D eigenvalue weighted by Gasteiger charge is 2.25. The number of nitrogens with one attached hydrogen (secondary N) is 1. The Kier molecular flexibility index (Phi) is 5.24. The van der Waals surface area contributed by atoms with Gasteiger partial charge >= 0.3 is 6.03 Å². The van der Waals surface area contributed by atoms with E-state index in [1.165, 1.54) is 5.69 Å². The van der Waals surface area contributed by atoms with Gasteiger partial charge in [-0.2, -0.15) is 0 Å². The second-order valence-electron chi connectivity index (χ2n) is 5.02. The van der Waals surface area contributed by atoms with Crippen LogP contribution in [0.3, 0.4) is 0 Å². The van der Waals surface area contributed by atoms with Crippen LogP contribution < -0.4 is 10.2 Å². The molecule has 0 aliphatic carbocycles. The number of hydrogen-bond acceptors (Lipinski definition) is 3. The summed E-state index contributed by atoms with van der Waals surface area (Å²) in [5.41, 5.74) is 1.20. The summed E-state index contributed by atoms with van der Waals surface area (Å²) in [6.07, 6.45) is 0.956. The molecular weight excluding hydrogens is 254 g/mol. The van der Waals surface area contributed by atoms with Gasteiger partial charge in [0.25, 0.3) is 0 Å². The van der Waals surface area contributed by atoms with Crippen LogP contribution in [0.15, 0.2) is 30.3 Å². The van der Waals surface area contributed by atoms with Crippen LogP contribution in [0.2, 0.25) is 0 Å². The molecule has 1 aliphatic heterocycles. The van der Waals surface area contributed by atoms with Crippen LogP contribution in [0.4, 0.5) is 10.5 Å². The summed E-state index contributed by atoms with van der Waals surface area (Å²) >= 11 is 0. The van der Waals surface area contributed by atoms with E-state index in [2.05, 4.69) is 22.3 Å². The van der Waals surface area contributed by atoms with Crippen molar-refractivity contribution in [3.63, 3.8) is 0 Å². The summed E-state index contributed by atoms with van der Waals surface area (Å²) < 4.78 is 0. The molecule has 1 aliphatic rings. The Hall–Kier alpha value is -1.75. The summed E-state index contributed by atoms with van der Waals surface area (Å²) in [6, 6.07) is 10.3. The first-order valence-corrected chi connectivity index (χ1v) is 7.21. The average molecular weight is 277 g/mol. The van der Waals surface area contributed by atoms with E-state index in [4.69, 9.17) is 5.11 Å².